The maximum atomic E-state index is 12.5. The second kappa shape index (κ2) is 7.83. The Morgan fingerprint density at radius 2 is 2.08 bits per heavy atom. The molecule has 1 saturated heterocycles. The molecule has 3 rings (SSSR count). The Kier molecular flexibility index (Phi) is 5.76. The van der Waals surface area contributed by atoms with Gasteiger partial charge in [0.15, 0.2) is 5.13 Å². The molecule has 1 amide bonds. The van der Waals surface area contributed by atoms with E-state index in [0.717, 1.165) is 31.5 Å². The molecule has 0 aliphatic carbocycles. The van der Waals surface area contributed by atoms with E-state index in [2.05, 4.69) is 15.6 Å². The average molecular weight is 384 g/mol. The Morgan fingerprint density at radius 1 is 1.33 bits per heavy atom. The van der Waals surface area contributed by atoms with Crippen molar-refractivity contribution in [2.45, 2.75) is 31.6 Å². The van der Waals surface area contributed by atoms with Gasteiger partial charge in [-0.1, -0.05) is 29.3 Å². The number of nitrogens with zero attached hydrogens (tertiary/aromatic N) is 1. The van der Waals surface area contributed by atoms with Gasteiger partial charge in [0.1, 0.15) is 0 Å². The number of benzene rings is 1. The number of hydrogen-bond acceptors (Lipinski definition) is 4. The van der Waals surface area contributed by atoms with Gasteiger partial charge < -0.3 is 10.6 Å². The number of carbonyl (C=O) groups is 1. The van der Waals surface area contributed by atoms with Crippen LogP contribution in [0.4, 0.5) is 5.13 Å². The van der Waals surface area contributed by atoms with Crippen molar-refractivity contribution < 1.29 is 4.79 Å². The molecule has 0 bridgehead atoms. The third-order valence-corrected chi connectivity index (χ3v) is 6.15. The van der Waals surface area contributed by atoms with Crippen molar-refractivity contribution in [3.8, 4) is 0 Å². The van der Waals surface area contributed by atoms with Crippen LogP contribution in [0.25, 0.3) is 0 Å². The highest BCUT2D eigenvalue weighted by atomic mass is 35.5. The van der Waals surface area contributed by atoms with Crippen molar-refractivity contribution in [2.75, 3.05) is 18.4 Å². The Balaban J connectivity index is 1.65. The molecule has 24 heavy (non-hydrogen) atoms. The van der Waals surface area contributed by atoms with Gasteiger partial charge in [-0.25, -0.2) is 4.98 Å². The van der Waals surface area contributed by atoms with Crippen LogP contribution in [0.1, 0.15) is 42.0 Å². The average Bonchev–Trinajstić information content (AvgIpc) is 3.06. The Labute approximate surface area is 155 Å². The van der Waals surface area contributed by atoms with Crippen molar-refractivity contribution in [1.82, 2.24) is 10.3 Å². The lowest BCUT2D eigenvalue weighted by Gasteiger charge is -2.20. The maximum Gasteiger partial charge on any atom is 0.233 e. The lowest BCUT2D eigenvalue weighted by molar-refractivity contribution is -0.117. The number of anilines is 1. The first-order valence-electron chi connectivity index (χ1n) is 7.97. The smallest absolute Gasteiger partial charge is 0.233 e. The molecule has 2 aromatic rings. The lowest BCUT2D eigenvalue weighted by Crippen LogP contribution is -2.26. The van der Waals surface area contributed by atoms with Crippen molar-refractivity contribution in [3.63, 3.8) is 0 Å². The van der Waals surface area contributed by atoms with Crippen LogP contribution in [0.2, 0.25) is 10.0 Å². The maximum absolute atomic E-state index is 12.5. The van der Waals surface area contributed by atoms with E-state index in [0.29, 0.717) is 21.1 Å². The number of amides is 1. The van der Waals surface area contributed by atoms with Crippen LogP contribution >= 0.6 is 34.5 Å². The highest BCUT2D eigenvalue weighted by molar-refractivity contribution is 7.15. The Morgan fingerprint density at radius 3 is 2.79 bits per heavy atom. The van der Waals surface area contributed by atoms with Gasteiger partial charge in [0.25, 0.3) is 0 Å². The number of rotatable bonds is 4. The van der Waals surface area contributed by atoms with Gasteiger partial charge in [0, 0.05) is 11.1 Å². The van der Waals surface area contributed by atoms with Crippen LogP contribution in [0.15, 0.2) is 24.4 Å². The number of nitrogens with one attached hydrogen (secondary N) is 2. The predicted octanol–water partition coefficient (Wildman–Crippen LogP) is 4.66. The van der Waals surface area contributed by atoms with Crippen LogP contribution in [0.3, 0.4) is 0 Å². The van der Waals surface area contributed by atoms with Crippen LogP contribution in [0, 0.1) is 0 Å². The monoisotopic (exact) mass is 383 g/mol. The highest BCUT2D eigenvalue weighted by Gasteiger charge is 2.20. The first kappa shape index (κ1) is 17.7. The minimum Gasteiger partial charge on any atom is -0.317 e. The number of thiazole rings is 1. The van der Waals surface area contributed by atoms with E-state index in [9.17, 15) is 4.79 Å². The fourth-order valence-corrected chi connectivity index (χ4v) is 4.08. The van der Waals surface area contributed by atoms with Crippen molar-refractivity contribution in [3.05, 3.63) is 44.9 Å². The summed E-state index contributed by atoms with van der Waals surface area (Å²) in [5.74, 6) is 0.118. The van der Waals surface area contributed by atoms with Crippen LogP contribution in [-0.2, 0) is 4.79 Å². The van der Waals surface area contributed by atoms with Gasteiger partial charge in [-0.3, -0.25) is 4.79 Å². The zero-order valence-corrected chi connectivity index (χ0v) is 15.6. The quantitative estimate of drug-likeness (QED) is 0.806. The molecule has 1 fully saturated rings. The fraction of sp³-hybridized carbons (Fsp3) is 0.412. The summed E-state index contributed by atoms with van der Waals surface area (Å²) < 4.78 is 0. The van der Waals surface area contributed by atoms with E-state index < -0.39 is 0 Å². The molecule has 0 spiro atoms. The first-order valence-corrected chi connectivity index (χ1v) is 9.54. The van der Waals surface area contributed by atoms with Crippen LogP contribution in [-0.4, -0.2) is 24.0 Å². The van der Waals surface area contributed by atoms with E-state index in [1.54, 1.807) is 23.5 Å². The van der Waals surface area contributed by atoms with Gasteiger partial charge in [-0.2, -0.15) is 0 Å². The fourth-order valence-electron chi connectivity index (χ4n) is 2.79. The van der Waals surface area contributed by atoms with E-state index >= 15 is 0 Å². The molecule has 128 valence electrons. The van der Waals surface area contributed by atoms with Gasteiger partial charge in [0.2, 0.25) is 5.91 Å². The lowest BCUT2D eigenvalue weighted by atomic mass is 9.97. The summed E-state index contributed by atoms with van der Waals surface area (Å²) in [5, 5.41) is 7.86. The van der Waals surface area contributed by atoms with Gasteiger partial charge in [-0.05, 0) is 56.5 Å². The molecule has 1 aromatic carbocycles. The summed E-state index contributed by atoms with van der Waals surface area (Å²) in [6, 6.07) is 5.26. The molecule has 1 aromatic heterocycles. The minimum absolute atomic E-state index is 0.0976. The summed E-state index contributed by atoms with van der Waals surface area (Å²) >= 11 is 13.5. The van der Waals surface area contributed by atoms with Gasteiger partial charge in [0.05, 0.1) is 16.0 Å². The number of carbonyl (C=O) groups excluding carboxylic acids is 1. The Hall–Kier alpha value is -1.14. The SMILES string of the molecule is CC(C(=O)Nc1ncc(C2CCNCC2)s1)c1ccc(Cl)c(Cl)c1. The topological polar surface area (TPSA) is 54.0 Å². The molecule has 1 aliphatic rings. The zero-order valence-electron chi connectivity index (χ0n) is 13.3. The van der Waals surface area contributed by atoms with Gasteiger partial charge in [-0.15, -0.1) is 11.3 Å². The Bertz CT molecular complexity index is 728. The molecule has 0 saturated carbocycles. The largest absolute Gasteiger partial charge is 0.317 e. The summed E-state index contributed by atoms with van der Waals surface area (Å²) in [5.41, 5.74) is 0.831. The molecule has 0 radical (unpaired) electrons. The molecule has 2 N–H and O–H groups in total. The second-order valence-corrected chi connectivity index (χ2v) is 7.85. The highest BCUT2D eigenvalue weighted by Crippen LogP contribution is 2.32. The number of hydrogen-bond donors (Lipinski definition) is 2. The standard InChI is InChI=1S/C17H19Cl2N3OS/c1-10(12-2-3-13(18)14(19)8-12)16(23)22-17-21-9-15(24-17)11-4-6-20-7-5-11/h2-3,8-11,20H,4-7H2,1H3,(H,21,22,23). The van der Waals surface area contributed by atoms with Crippen molar-refractivity contribution in [1.29, 1.82) is 0 Å². The molecule has 1 atom stereocenters. The minimum atomic E-state index is -0.328. The number of halogens is 2. The number of piperidine rings is 1. The zero-order chi connectivity index (χ0) is 17.1. The molecular formula is C17H19Cl2N3OS. The number of aromatic nitrogens is 1. The van der Waals surface area contributed by atoms with Crippen molar-refractivity contribution in [2.24, 2.45) is 0 Å². The summed E-state index contributed by atoms with van der Waals surface area (Å²) in [6.07, 6.45) is 4.13. The summed E-state index contributed by atoms with van der Waals surface area (Å²) in [7, 11) is 0. The summed E-state index contributed by atoms with van der Waals surface area (Å²) in [6.45, 7) is 3.92. The third kappa shape index (κ3) is 4.09. The van der Waals surface area contributed by atoms with Gasteiger partial charge >= 0.3 is 0 Å². The molecule has 4 nitrogen and oxygen atoms in total. The summed E-state index contributed by atoms with van der Waals surface area (Å²) in [4.78, 5) is 18.1. The van der Waals surface area contributed by atoms with E-state index in [1.165, 1.54) is 4.88 Å². The molecule has 7 heteroatoms. The van der Waals surface area contributed by atoms with Crippen LogP contribution < -0.4 is 10.6 Å². The third-order valence-electron chi connectivity index (χ3n) is 4.33. The van der Waals surface area contributed by atoms with E-state index in [-0.39, 0.29) is 11.8 Å². The van der Waals surface area contributed by atoms with E-state index in [1.807, 2.05) is 19.2 Å². The van der Waals surface area contributed by atoms with Crippen LogP contribution in [0.5, 0.6) is 0 Å². The molecule has 2 heterocycles. The molecule has 1 unspecified atom stereocenters. The second-order valence-electron chi connectivity index (χ2n) is 5.98. The molecular weight excluding hydrogens is 365 g/mol. The first-order chi connectivity index (χ1) is 11.5. The van der Waals surface area contributed by atoms with E-state index in [4.69, 9.17) is 23.2 Å². The normalized spacial score (nSPS) is 16.8. The molecule has 1 aliphatic heterocycles. The predicted molar refractivity (Wildman–Crippen MR) is 100 cm³/mol. The van der Waals surface area contributed by atoms with Crippen molar-refractivity contribution >= 4 is 45.6 Å².